The number of hydrogen-bond acceptors (Lipinski definition) is 3. The molecule has 0 spiro atoms. The monoisotopic (exact) mass is 352 g/mol. The van der Waals surface area contributed by atoms with Gasteiger partial charge in [-0.05, 0) is 58.2 Å². The van der Waals surface area contributed by atoms with Gasteiger partial charge in [0.25, 0.3) is 0 Å². The lowest BCUT2D eigenvalue weighted by molar-refractivity contribution is 0.300. The molecule has 0 aliphatic carbocycles. The predicted molar refractivity (Wildman–Crippen MR) is 90.4 cm³/mol. The van der Waals surface area contributed by atoms with Crippen molar-refractivity contribution >= 4 is 15.9 Å². The Bertz CT molecular complexity index is 501. The van der Waals surface area contributed by atoms with E-state index >= 15 is 0 Å². The van der Waals surface area contributed by atoms with Gasteiger partial charge in [-0.3, -0.25) is 0 Å². The summed E-state index contributed by atoms with van der Waals surface area (Å²) in [6.07, 6.45) is 2.40. The first-order valence-corrected chi connectivity index (χ1v) is 8.16. The first-order chi connectivity index (χ1) is 9.83. The second-order valence-corrected chi connectivity index (χ2v) is 7.19. The van der Waals surface area contributed by atoms with Crippen molar-refractivity contribution in [3.63, 3.8) is 0 Å². The molecule has 0 saturated heterocycles. The van der Waals surface area contributed by atoms with Gasteiger partial charge in [-0.25, -0.2) is 0 Å². The Morgan fingerprint density at radius 2 is 2.00 bits per heavy atom. The van der Waals surface area contributed by atoms with Gasteiger partial charge in [-0.1, -0.05) is 15.9 Å². The molecule has 116 valence electrons. The average molecular weight is 353 g/mol. The number of ether oxygens (including phenoxy) is 1. The van der Waals surface area contributed by atoms with Crippen molar-refractivity contribution in [1.29, 1.82) is 5.26 Å². The van der Waals surface area contributed by atoms with Gasteiger partial charge in [0.1, 0.15) is 5.75 Å². The molecule has 0 unspecified atom stereocenters. The van der Waals surface area contributed by atoms with Crippen LogP contribution >= 0.6 is 15.9 Å². The van der Waals surface area contributed by atoms with Gasteiger partial charge in [0.15, 0.2) is 0 Å². The third kappa shape index (κ3) is 6.97. The minimum atomic E-state index is 0.0697. The molecule has 0 amide bonds. The molecule has 0 bridgehead atoms. The van der Waals surface area contributed by atoms with Crippen LogP contribution in [-0.2, 0) is 6.54 Å². The molecule has 0 aromatic heterocycles. The molecule has 0 radical (unpaired) electrons. The van der Waals surface area contributed by atoms with E-state index in [1.54, 1.807) is 0 Å². The second kappa shape index (κ2) is 8.41. The molecular weight excluding hydrogens is 328 g/mol. The van der Waals surface area contributed by atoms with E-state index < -0.39 is 0 Å². The van der Waals surface area contributed by atoms with Crippen molar-refractivity contribution in [1.82, 2.24) is 5.32 Å². The summed E-state index contributed by atoms with van der Waals surface area (Å²) in [5.41, 5.74) is 2.37. The molecule has 0 fully saturated rings. The maximum atomic E-state index is 8.54. The maximum absolute atomic E-state index is 8.54. The van der Waals surface area contributed by atoms with Crippen LogP contribution in [0, 0.1) is 18.3 Å². The molecule has 0 aliphatic rings. The second-order valence-electron chi connectivity index (χ2n) is 6.28. The molecular formula is C17H25BrN2O. The van der Waals surface area contributed by atoms with Crippen LogP contribution in [0.5, 0.6) is 5.75 Å². The van der Waals surface area contributed by atoms with Crippen LogP contribution in [0.3, 0.4) is 0 Å². The zero-order valence-electron chi connectivity index (χ0n) is 13.4. The topological polar surface area (TPSA) is 45.0 Å². The number of nitriles is 1. The highest BCUT2D eigenvalue weighted by Crippen LogP contribution is 2.28. The van der Waals surface area contributed by atoms with Crippen molar-refractivity contribution in [2.45, 2.75) is 59.0 Å². The molecule has 0 atom stereocenters. The molecule has 0 saturated carbocycles. The van der Waals surface area contributed by atoms with Crippen molar-refractivity contribution in [3.8, 4) is 11.8 Å². The summed E-state index contributed by atoms with van der Waals surface area (Å²) in [5.74, 6) is 0.965. The third-order valence-corrected chi connectivity index (χ3v) is 3.51. The highest BCUT2D eigenvalue weighted by molar-refractivity contribution is 9.10. The predicted octanol–water partition coefficient (Wildman–Crippen LogP) is 4.72. The van der Waals surface area contributed by atoms with Crippen molar-refractivity contribution in [2.24, 2.45) is 0 Å². The first-order valence-electron chi connectivity index (χ1n) is 7.37. The number of aryl methyl sites for hydroxylation is 1. The summed E-state index contributed by atoms with van der Waals surface area (Å²) < 4.78 is 7.04. The van der Waals surface area contributed by atoms with Gasteiger partial charge >= 0.3 is 0 Å². The highest BCUT2D eigenvalue weighted by atomic mass is 79.9. The fourth-order valence-corrected chi connectivity index (χ4v) is 2.60. The van der Waals surface area contributed by atoms with Crippen LogP contribution in [0.1, 0.15) is 51.2 Å². The number of hydrogen-bond donors (Lipinski definition) is 1. The van der Waals surface area contributed by atoms with Gasteiger partial charge in [0.05, 0.1) is 12.7 Å². The van der Waals surface area contributed by atoms with Crippen LogP contribution < -0.4 is 10.1 Å². The Balaban J connectivity index is 2.73. The number of unbranched alkanes of at least 4 members (excludes halogenated alkanes) is 2. The minimum Gasteiger partial charge on any atom is -0.493 e. The molecule has 1 N–H and O–H groups in total. The normalized spacial score (nSPS) is 11.2. The van der Waals surface area contributed by atoms with Gasteiger partial charge in [0, 0.05) is 28.5 Å². The molecule has 21 heavy (non-hydrogen) atoms. The number of nitrogens with one attached hydrogen (secondary N) is 1. The zero-order chi connectivity index (χ0) is 15.9. The van der Waals surface area contributed by atoms with Gasteiger partial charge in [-0.2, -0.15) is 5.26 Å². The van der Waals surface area contributed by atoms with Crippen LogP contribution in [0.15, 0.2) is 16.6 Å². The molecule has 1 rings (SSSR count). The van der Waals surface area contributed by atoms with E-state index in [4.69, 9.17) is 10.00 Å². The summed E-state index contributed by atoms with van der Waals surface area (Å²) in [4.78, 5) is 0. The first kappa shape index (κ1) is 18.0. The molecule has 0 aliphatic heterocycles. The summed E-state index contributed by atoms with van der Waals surface area (Å²) in [7, 11) is 0. The number of rotatable bonds is 7. The van der Waals surface area contributed by atoms with E-state index in [-0.39, 0.29) is 5.54 Å². The highest BCUT2D eigenvalue weighted by Gasteiger charge is 2.13. The Labute approximate surface area is 136 Å². The van der Waals surface area contributed by atoms with Crippen LogP contribution in [-0.4, -0.2) is 12.1 Å². The van der Waals surface area contributed by atoms with E-state index in [9.17, 15) is 0 Å². The third-order valence-electron chi connectivity index (χ3n) is 3.05. The van der Waals surface area contributed by atoms with Gasteiger partial charge < -0.3 is 10.1 Å². The number of nitrogens with zero attached hydrogens (tertiary/aromatic N) is 1. The minimum absolute atomic E-state index is 0.0697. The maximum Gasteiger partial charge on any atom is 0.126 e. The molecule has 1 aromatic rings. The summed E-state index contributed by atoms with van der Waals surface area (Å²) in [5, 5.41) is 12.0. The molecule has 0 heterocycles. The average Bonchev–Trinajstić information content (AvgIpc) is 2.37. The van der Waals surface area contributed by atoms with Crippen LogP contribution in [0.4, 0.5) is 0 Å². The van der Waals surface area contributed by atoms with Crippen molar-refractivity contribution in [2.75, 3.05) is 6.61 Å². The Morgan fingerprint density at radius 1 is 1.29 bits per heavy atom. The summed E-state index contributed by atoms with van der Waals surface area (Å²) in [6, 6.07) is 6.34. The van der Waals surface area contributed by atoms with E-state index in [0.717, 1.165) is 40.7 Å². The Morgan fingerprint density at radius 3 is 2.62 bits per heavy atom. The smallest absolute Gasteiger partial charge is 0.126 e. The lowest BCUT2D eigenvalue weighted by Crippen LogP contribution is -2.35. The van der Waals surface area contributed by atoms with Gasteiger partial charge in [0.2, 0.25) is 0 Å². The van der Waals surface area contributed by atoms with Gasteiger partial charge in [-0.15, -0.1) is 0 Å². The SMILES string of the molecule is Cc1cc(Br)cc(CNC(C)(C)C)c1OCCCCC#N. The standard InChI is InChI=1S/C17H25BrN2O/c1-13-10-15(18)11-14(12-20-17(2,3)4)16(13)21-9-7-5-6-8-19/h10-11,20H,5-7,9,12H2,1-4H3. The molecule has 4 heteroatoms. The lowest BCUT2D eigenvalue weighted by atomic mass is 10.1. The van der Waals surface area contributed by atoms with Crippen molar-refractivity contribution in [3.05, 3.63) is 27.7 Å². The summed E-state index contributed by atoms with van der Waals surface area (Å²) in [6.45, 7) is 9.96. The van der Waals surface area contributed by atoms with E-state index in [1.165, 1.54) is 0 Å². The van der Waals surface area contributed by atoms with E-state index in [0.29, 0.717) is 13.0 Å². The lowest BCUT2D eigenvalue weighted by Gasteiger charge is -2.22. The Hall–Kier alpha value is -1.05. The largest absolute Gasteiger partial charge is 0.493 e. The van der Waals surface area contributed by atoms with E-state index in [2.05, 4.69) is 67.1 Å². The summed E-state index contributed by atoms with van der Waals surface area (Å²) >= 11 is 3.55. The van der Waals surface area contributed by atoms with Crippen molar-refractivity contribution < 1.29 is 4.74 Å². The fourth-order valence-electron chi connectivity index (χ4n) is 1.98. The Kier molecular flexibility index (Phi) is 7.21. The quantitative estimate of drug-likeness (QED) is 0.722. The number of halogens is 1. The van der Waals surface area contributed by atoms with E-state index in [1.807, 2.05) is 0 Å². The zero-order valence-corrected chi connectivity index (χ0v) is 15.0. The molecule has 1 aromatic carbocycles. The fraction of sp³-hybridized carbons (Fsp3) is 0.588. The van der Waals surface area contributed by atoms with Crippen LogP contribution in [0.2, 0.25) is 0 Å². The molecule has 3 nitrogen and oxygen atoms in total. The van der Waals surface area contributed by atoms with Crippen LogP contribution in [0.25, 0.3) is 0 Å². The number of benzene rings is 1.